The third-order valence-electron chi connectivity index (χ3n) is 4.30. The van der Waals surface area contributed by atoms with Crippen molar-refractivity contribution < 1.29 is 9.59 Å². The van der Waals surface area contributed by atoms with Gasteiger partial charge in [0.2, 0.25) is 5.91 Å². The van der Waals surface area contributed by atoms with Crippen LogP contribution in [0, 0.1) is 0 Å². The molecule has 1 aromatic rings. The van der Waals surface area contributed by atoms with Crippen LogP contribution in [0.2, 0.25) is 0 Å². The van der Waals surface area contributed by atoms with Crippen LogP contribution in [0.15, 0.2) is 18.3 Å². The predicted molar refractivity (Wildman–Crippen MR) is 82.6 cm³/mol. The second kappa shape index (κ2) is 6.31. The SMILES string of the molecule is NC(=O)c1cccnc1N1CCN(C(=O)C2CCCN2)CC1. The maximum atomic E-state index is 12.4. The molecule has 2 fully saturated rings. The fourth-order valence-electron chi connectivity index (χ4n) is 3.10. The monoisotopic (exact) mass is 303 g/mol. The van der Waals surface area contributed by atoms with Crippen molar-refractivity contribution in [1.29, 1.82) is 0 Å². The number of rotatable bonds is 3. The van der Waals surface area contributed by atoms with Gasteiger partial charge in [-0.1, -0.05) is 0 Å². The first-order valence-corrected chi connectivity index (χ1v) is 7.69. The number of piperazine rings is 1. The number of nitrogens with zero attached hydrogens (tertiary/aromatic N) is 3. The van der Waals surface area contributed by atoms with Gasteiger partial charge in [-0.25, -0.2) is 4.98 Å². The minimum Gasteiger partial charge on any atom is -0.365 e. The number of hydrogen-bond donors (Lipinski definition) is 2. The van der Waals surface area contributed by atoms with Crippen LogP contribution in [-0.4, -0.2) is 60.5 Å². The normalized spacial score (nSPS) is 21.9. The Morgan fingerprint density at radius 3 is 2.68 bits per heavy atom. The summed E-state index contributed by atoms with van der Waals surface area (Å²) in [5.74, 6) is 0.325. The Hall–Kier alpha value is -2.15. The van der Waals surface area contributed by atoms with Gasteiger partial charge in [-0.2, -0.15) is 0 Å². The van der Waals surface area contributed by atoms with Gasteiger partial charge in [0, 0.05) is 32.4 Å². The molecular weight excluding hydrogens is 282 g/mol. The van der Waals surface area contributed by atoms with Gasteiger partial charge >= 0.3 is 0 Å². The zero-order chi connectivity index (χ0) is 15.5. The Morgan fingerprint density at radius 2 is 2.05 bits per heavy atom. The molecule has 0 bridgehead atoms. The number of anilines is 1. The van der Waals surface area contributed by atoms with Crippen molar-refractivity contribution in [2.75, 3.05) is 37.6 Å². The first-order valence-electron chi connectivity index (χ1n) is 7.69. The maximum absolute atomic E-state index is 12.4. The van der Waals surface area contributed by atoms with Crippen LogP contribution < -0.4 is 16.0 Å². The van der Waals surface area contributed by atoms with Gasteiger partial charge in [-0.15, -0.1) is 0 Å². The Labute approximate surface area is 129 Å². The van der Waals surface area contributed by atoms with Crippen molar-refractivity contribution >= 4 is 17.6 Å². The van der Waals surface area contributed by atoms with E-state index in [1.54, 1.807) is 18.3 Å². The van der Waals surface area contributed by atoms with Gasteiger partial charge in [0.25, 0.3) is 5.91 Å². The highest BCUT2D eigenvalue weighted by Crippen LogP contribution is 2.19. The molecule has 2 aliphatic heterocycles. The molecule has 3 heterocycles. The second-order valence-corrected chi connectivity index (χ2v) is 5.70. The molecule has 22 heavy (non-hydrogen) atoms. The molecule has 2 amide bonds. The number of carbonyl (C=O) groups excluding carboxylic acids is 2. The number of amides is 2. The zero-order valence-electron chi connectivity index (χ0n) is 12.5. The molecule has 7 nitrogen and oxygen atoms in total. The topological polar surface area (TPSA) is 91.6 Å². The van der Waals surface area contributed by atoms with E-state index in [-0.39, 0.29) is 11.9 Å². The number of primary amides is 1. The van der Waals surface area contributed by atoms with Gasteiger partial charge in [0.05, 0.1) is 11.6 Å². The number of nitrogens with one attached hydrogen (secondary N) is 1. The van der Waals surface area contributed by atoms with E-state index < -0.39 is 5.91 Å². The lowest BCUT2D eigenvalue weighted by Gasteiger charge is -2.37. The lowest BCUT2D eigenvalue weighted by Crippen LogP contribution is -2.53. The average Bonchev–Trinajstić information content (AvgIpc) is 3.09. The highest BCUT2D eigenvalue weighted by Gasteiger charge is 2.30. The van der Waals surface area contributed by atoms with Gasteiger partial charge in [0.15, 0.2) is 0 Å². The summed E-state index contributed by atoms with van der Waals surface area (Å²) in [6.07, 6.45) is 3.64. The number of hydrogen-bond acceptors (Lipinski definition) is 5. The summed E-state index contributed by atoms with van der Waals surface area (Å²) in [6, 6.07) is 3.36. The molecule has 2 aliphatic rings. The van der Waals surface area contributed by atoms with Gasteiger partial charge in [-0.3, -0.25) is 9.59 Å². The van der Waals surface area contributed by atoms with E-state index in [4.69, 9.17) is 5.73 Å². The van der Waals surface area contributed by atoms with Crippen LogP contribution in [0.4, 0.5) is 5.82 Å². The molecule has 0 aliphatic carbocycles. The highest BCUT2D eigenvalue weighted by molar-refractivity contribution is 5.97. The minimum absolute atomic E-state index is 0.0254. The maximum Gasteiger partial charge on any atom is 0.252 e. The molecule has 0 radical (unpaired) electrons. The first-order chi connectivity index (χ1) is 10.7. The van der Waals surface area contributed by atoms with Crippen LogP contribution in [0.25, 0.3) is 0 Å². The van der Waals surface area contributed by atoms with Crippen LogP contribution in [-0.2, 0) is 4.79 Å². The predicted octanol–water partition coefficient (Wildman–Crippen LogP) is -0.419. The summed E-state index contributed by atoms with van der Waals surface area (Å²) in [5.41, 5.74) is 5.83. The van der Waals surface area contributed by atoms with Gasteiger partial charge in [0.1, 0.15) is 5.82 Å². The van der Waals surface area contributed by atoms with Crippen molar-refractivity contribution in [3.8, 4) is 0 Å². The standard InChI is InChI=1S/C15H21N5O2/c16-13(21)11-3-1-6-18-14(11)19-7-9-20(10-8-19)15(22)12-4-2-5-17-12/h1,3,6,12,17H,2,4-5,7-10H2,(H2,16,21). The van der Waals surface area contributed by atoms with E-state index in [9.17, 15) is 9.59 Å². The van der Waals surface area contributed by atoms with Crippen LogP contribution >= 0.6 is 0 Å². The Balaban J connectivity index is 1.64. The van der Waals surface area contributed by atoms with Crippen LogP contribution in [0.5, 0.6) is 0 Å². The van der Waals surface area contributed by atoms with Crippen molar-refractivity contribution in [3.05, 3.63) is 23.9 Å². The number of aromatic nitrogens is 1. The summed E-state index contributed by atoms with van der Waals surface area (Å²) in [4.78, 5) is 32.1. The molecule has 3 rings (SSSR count). The minimum atomic E-state index is -0.475. The lowest BCUT2D eigenvalue weighted by molar-refractivity contribution is -0.133. The second-order valence-electron chi connectivity index (χ2n) is 5.70. The molecule has 0 saturated carbocycles. The van der Waals surface area contributed by atoms with Crippen molar-refractivity contribution in [3.63, 3.8) is 0 Å². The lowest BCUT2D eigenvalue weighted by atomic mass is 10.1. The van der Waals surface area contributed by atoms with E-state index in [0.717, 1.165) is 19.4 Å². The number of carbonyl (C=O) groups is 2. The molecule has 2 saturated heterocycles. The Morgan fingerprint density at radius 1 is 1.27 bits per heavy atom. The summed E-state index contributed by atoms with van der Waals surface area (Å²) >= 11 is 0. The molecule has 118 valence electrons. The third-order valence-corrected chi connectivity index (χ3v) is 4.30. The van der Waals surface area contributed by atoms with Crippen molar-refractivity contribution in [2.45, 2.75) is 18.9 Å². The smallest absolute Gasteiger partial charge is 0.252 e. The molecular formula is C15H21N5O2. The number of pyridine rings is 1. The van der Waals surface area contributed by atoms with Gasteiger partial charge in [-0.05, 0) is 31.5 Å². The third kappa shape index (κ3) is 2.89. The molecule has 3 N–H and O–H groups in total. The Kier molecular flexibility index (Phi) is 4.24. The van der Waals surface area contributed by atoms with Crippen molar-refractivity contribution in [1.82, 2.24) is 15.2 Å². The quantitative estimate of drug-likeness (QED) is 0.791. The molecule has 1 unspecified atom stereocenters. The molecule has 0 aromatic carbocycles. The summed E-state index contributed by atoms with van der Waals surface area (Å²) in [6.45, 7) is 3.54. The molecule has 0 spiro atoms. The highest BCUT2D eigenvalue weighted by atomic mass is 16.2. The van der Waals surface area contributed by atoms with E-state index in [1.807, 2.05) is 9.80 Å². The summed E-state index contributed by atoms with van der Waals surface area (Å²) in [7, 11) is 0. The first kappa shape index (κ1) is 14.8. The molecule has 1 atom stereocenters. The number of nitrogens with two attached hydrogens (primary N) is 1. The Bertz CT molecular complexity index is 563. The fraction of sp³-hybridized carbons (Fsp3) is 0.533. The molecule has 1 aromatic heterocycles. The van der Waals surface area contributed by atoms with E-state index in [2.05, 4.69) is 10.3 Å². The van der Waals surface area contributed by atoms with Crippen LogP contribution in [0.1, 0.15) is 23.2 Å². The fourth-order valence-corrected chi connectivity index (χ4v) is 3.10. The van der Waals surface area contributed by atoms with Crippen molar-refractivity contribution in [2.24, 2.45) is 5.73 Å². The van der Waals surface area contributed by atoms with Gasteiger partial charge < -0.3 is 20.9 Å². The largest absolute Gasteiger partial charge is 0.365 e. The summed E-state index contributed by atoms with van der Waals surface area (Å²) < 4.78 is 0. The van der Waals surface area contributed by atoms with E-state index in [0.29, 0.717) is 37.6 Å². The average molecular weight is 303 g/mol. The molecule has 7 heteroatoms. The van der Waals surface area contributed by atoms with Crippen LogP contribution in [0.3, 0.4) is 0 Å². The zero-order valence-corrected chi connectivity index (χ0v) is 12.5. The van der Waals surface area contributed by atoms with E-state index in [1.165, 1.54) is 0 Å². The summed E-state index contributed by atoms with van der Waals surface area (Å²) in [5, 5.41) is 3.24. The van der Waals surface area contributed by atoms with E-state index >= 15 is 0 Å².